The molecule has 1 unspecified atom stereocenters. The van der Waals surface area contributed by atoms with Crippen molar-refractivity contribution in [2.45, 2.75) is 46.7 Å². The van der Waals surface area contributed by atoms with Crippen LogP contribution in [-0.2, 0) is 6.54 Å². The van der Waals surface area contributed by atoms with E-state index in [2.05, 4.69) is 73.9 Å². The van der Waals surface area contributed by atoms with Crippen LogP contribution in [0.4, 0.5) is 5.69 Å². The number of anilines is 1. The van der Waals surface area contributed by atoms with E-state index >= 15 is 0 Å². The number of nitrogens with one attached hydrogen (secondary N) is 1. The molecule has 1 aliphatic rings. The summed E-state index contributed by atoms with van der Waals surface area (Å²) in [6.07, 6.45) is 1.30. The molecule has 0 aromatic heterocycles. The lowest BCUT2D eigenvalue weighted by Crippen LogP contribution is -2.41. The van der Waals surface area contributed by atoms with Crippen molar-refractivity contribution in [1.29, 1.82) is 0 Å². The van der Waals surface area contributed by atoms with Crippen molar-refractivity contribution in [3.63, 3.8) is 0 Å². The molecular weight excluding hydrogens is 276 g/mol. The number of nitrogens with zero attached hydrogens (tertiary/aromatic N) is 1. The fourth-order valence-electron chi connectivity index (χ4n) is 2.84. The summed E-state index contributed by atoms with van der Waals surface area (Å²) in [5, 5.41) is 3.78. The molecule has 1 aromatic rings. The van der Waals surface area contributed by atoms with Gasteiger partial charge in [-0.1, -0.05) is 39.8 Å². The van der Waals surface area contributed by atoms with Crippen LogP contribution in [-0.4, -0.2) is 35.5 Å². The topological polar surface area (TPSA) is 15.3 Å². The van der Waals surface area contributed by atoms with Crippen LogP contribution in [0, 0.1) is 5.41 Å². The highest BCUT2D eigenvalue weighted by atomic mass is 32.2. The number of thioether (sulfide) groups is 1. The van der Waals surface area contributed by atoms with Crippen LogP contribution < -0.4 is 5.32 Å². The van der Waals surface area contributed by atoms with Gasteiger partial charge in [0.05, 0.1) is 0 Å². The third-order valence-corrected chi connectivity index (χ3v) is 5.75. The molecule has 21 heavy (non-hydrogen) atoms. The Hall–Kier alpha value is -0.670. The molecule has 1 saturated heterocycles. The van der Waals surface area contributed by atoms with Crippen molar-refractivity contribution in [3.05, 3.63) is 29.8 Å². The maximum absolute atomic E-state index is 3.78. The summed E-state index contributed by atoms with van der Waals surface area (Å²) in [6.45, 7) is 12.5. The Bertz CT molecular complexity index is 441. The lowest BCUT2D eigenvalue weighted by molar-refractivity contribution is 0.295. The highest BCUT2D eigenvalue weighted by Gasteiger charge is 2.32. The molecular formula is C18H30N2S. The van der Waals surface area contributed by atoms with Crippen LogP contribution in [0.1, 0.15) is 39.7 Å². The Morgan fingerprint density at radius 1 is 1.29 bits per heavy atom. The number of hydrogen-bond donors (Lipinski definition) is 1. The van der Waals surface area contributed by atoms with E-state index in [1.807, 2.05) is 0 Å². The van der Waals surface area contributed by atoms with E-state index in [1.54, 1.807) is 0 Å². The molecule has 0 amide bonds. The molecule has 2 nitrogen and oxygen atoms in total. The minimum Gasteiger partial charge on any atom is -0.381 e. The summed E-state index contributed by atoms with van der Waals surface area (Å²) < 4.78 is 0. The van der Waals surface area contributed by atoms with Crippen molar-refractivity contribution in [2.75, 3.05) is 29.9 Å². The molecule has 1 fully saturated rings. The van der Waals surface area contributed by atoms with Gasteiger partial charge < -0.3 is 5.32 Å². The molecule has 1 aliphatic heterocycles. The Balaban J connectivity index is 2.03. The second-order valence-electron chi connectivity index (χ2n) is 6.67. The van der Waals surface area contributed by atoms with Crippen molar-refractivity contribution >= 4 is 17.4 Å². The van der Waals surface area contributed by atoms with Crippen molar-refractivity contribution in [1.82, 2.24) is 4.90 Å². The summed E-state index contributed by atoms with van der Waals surface area (Å²) in [5.74, 6) is 2.51. The van der Waals surface area contributed by atoms with E-state index in [-0.39, 0.29) is 0 Å². The predicted molar refractivity (Wildman–Crippen MR) is 96.2 cm³/mol. The zero-order valence-corrected chi connectivity index (χ0v) is 14.8. The quantitative estimate of drug-likeness (QED) is 0.834. The minimum atomic E-state index is 0.389. The van der Waals surface area contributed by atoms with Gasteiger partial charge in [0.25, 0.3) is 0 Å². The number of benzene rings is 1. The molecule has 0 bridgehead atoms. The molecule has 1 atom stereocenters. The molecule has 2 rings (SSSR count). The van der Waals surface area contributed by atoms with Crippen LogP contribution in [0.25, 0.3) is 0 Å². The summed E-state index contributed by atoms with van der Waals surface area (Å²) in [5.41, 5.74) is 3.07. The highest BCUT2D eigenvalue weighted by Crippen LogP contribution is 2.36. The SMILES string of the molecule is CCN(CC)Cc1cccc(NC2CSCCC2(C)C)c1. The van der Waals surface area contributed by atoms with Gasteiger partial charge in [0.1, 0.15) is 0 Å². The monoisotopic (exact) mass is 306 g/mol. The smallest absolute Gasteiger partial charge is 0.0403 e. The van der Waals surface area contributed by atoms with E-state index < -0.39 is 0 Å². The van der Waals surface area contributed by atoms with Gasteiger partial charge in [0.2, 0.25) is 0 Å². The lowest BCUT2D eigenvalue weighted by atomic mass is 9.82. The Labute approximate surface area is 134 Å². The number of rotatable bonds is 6. The highest BCUT2D eigenvalue weighted by molar-refractivity contribution is 7.99. The second kappa shape index (κ2) is 7.55. The van der Waals surface area contributed by atoms with Crippen molar-refractivity contribution in [3.8, 4) is 0 Å². The van der Waals surface area contributed by atoms with E-state index in [9.17, 15) is 0 Å². The van der Waals surface area contributed by atoms with Gasteiger partial charge in [-0.15, -0.1) is 0 Å². The summed E-state index contributed by atoms with van der Waals surface area (Å²) in [6, 6.07) is 9.53. The molecule has 1 N–H and O–H groups in total. The lowest BCUT2D eigenvalue weighted by Gasteiger charge is -2.39. The fraction of sp³-hybridized carbons (Fsp3) is 0.667. The van der Waals surface area contributed by atoms with Gasteiger partial charge in [-0.2, -0.15) is 11.8 Å². The molecule has 0 aliphatic carbocycles. The Morgan fingerprint density at radius 2 is 2.05 bits per heavy atom. The zero-order chi connectivity index (χ0) is 15.3. The van der Waals surface area contributed by atoms with Crippen LogP contribution >= 0.6 is 11.8 Å². The summed E-state index contributed by atoms with van der Waals surface area (Å²) >= 11 is 2.08. The standard InChI is InChI=1S/C18H30N2S/c1-5-20(6-2)13-15-8-7-9-16(12-15)19-17-14-21-11-10-18(17,3)4/h7-9,12,17,19H,5-6,10-11,13-14H2,1-4H3. The van der Waals surface area contributed by atoms with Gasteiger partial charge in [0, 0.05) is 24.0 Å². The predicted octanol–water partition coefficient (Wildman–Crippen LogP) is 4.47. The third kappa shape index (κ3) is 4.65. The fourth-order valence-corrected chi connectivity index (χ4v) is 4.45. The third-order valence-electron chi connectivity index (χ3n) is 4.69. The van der Waals surface area contributed by atoms with Crippen molar-refractivity contribution < 1.29 is 0 Å². The maximum atomic E-state index is 3.78. The molecule has 1 heterocycles. The van der Waals surface area contributed by atoms with Gasteiger partial charge in [-0.05, 0) is 48.4 Å². The van der Waals surface area contributed by atoms with Gasteiger partial charge in [-0.3, -0.25) is 4.90 Å². The van der Waals surface area contributed by atoms with E-state index in [0.29, 0.717) is 11.5 Å². The van der Waals surface area contributed by atoms with Gasteiger partial charge >= 0.3 is 0 Å². The molecule has 0 spiro atoms. The molecule has 0 saturated carbocycles. The minimum absolute atomic E-state index is 0.389. The molecule has 3 heteroatoms. The van der Waals surface area contributed by atoms with Crippen LogP contribution in [0.5, 0.6) is 0 Å². The Morgan fingerprint density at radius 3 is 2.71 bits per heavy atom. The first-order valence-electron chi connectivity index (χ1n) is 8.20. The first-order valence-corrected chi connectivity index (χ1v) is 9.36. The average molecular weight is 307 g/mol. The van der Waals surface area contributed by atoms with Crippen LogP contribution in [0.2, 0.25) is 0 Å². The largest absolute Gasteiger partial charge is 0.381 e. The van der Waals surface area contributed by atoms with E-state index in [4.69, 9.17) is 0 Å². The zero-order valence-electron chi connectivity index (χ0n) is 14.0. The van der Waals surface area contributed by atoms with Gasteiger partial charge in [0.15, 0.2) is 0 Å². The number of hydrogen-bond acceptors (Lipinski definition) is 3. The average Bonchev–Trinajstić information content (AvgIpc) is 2.47. The van der Waals surface area contributed by atoms with E-state index in [1.165, 1.54) is 29.2 Å². The first-order chi connectivity index (χ1) is 10.0. The summed E-state index contributed by atoms with van der Waals surface area (Å²) in [4.78, 5) is 2.46. The maximum Gasteiger partial charge on any atom is 0.0403 e. The van der Waals surface area contributed by atoms with Crippen LogP contribution in [0.3, 0.4) is 0 Å². The van der Waals surface area contributed by atoms with Crippen LogP contribution in [0.15, 0.2) is 24.3 Å². The molecule has 1 aromatic carbocycles. The molecule has 0 radical (unpaired) electrons. The van der Waals surface area contributed by atoms with Gasteiger partial charge in [-0.25, -0.2) is 0 Å². The Kier molecular flexibility index (Phi) is 6.00. The normalized spacial score (nSPS) is 21.5. The summed E-state index contributed by atoms with van der Waals surface area (Å²) in [7, 11) is 0. The second-order valence-corrected chi connectivity index (χ2v) is 7.82. The molecule has 118 valence electrons. The van der Waals surface area contributed by atoms with Crippen molar-refractivity contribution in [2.24, 2.45) is 5.41 Å². The van der Waals surface area contributed by atoms with E-state index in [0.717, 1.165) is 19.6 Å². The first kappa shape index (κ1) is 16.7.